The summed E-state index contributed by atoms with van der Waals surface area (Å²) in [6, 6.07) is 18.2. The molecule has 244 valence electrons. The number of fused-ring (bicyclic) bond motifs is 1. The maximum absolute atomic E-state index is 13.5. The highest BCUT2D eigenvalue weighted by molar-refractivity contribution is 5.99. The molecule has 3 aromatic heterocycles. The van der Waals surface area contributed by atoms with Crippen molar-refractivity contribution in [3.63, 3.8) is 0 Å². The van der Waals surface area contributed by atoms with E-state index in [0.717, 1.165) is 41.7 Å². The fourth-order valence-corrected chi connectivity index (χ4v) is 5.55. The number of halogens is 4. The van der Waals surface area contributed by atoms with Crippen LogP contribution in [-0.4, -0.2) is 66.6 Å². The average molecular weight is 658 g/mol. The molecule has 14 heteroatoms. The van der Waals surface area contributed by atoms with E-state index < -0.39 is 11.7 Å². The van der Waals surface area contributed by atoms with Crippen LogP contribution in [0.5, 0.6) is 11.6 Å². The summed E-state index contributed by atoms with van der Waals surface area (Å²) in [4.78, 5) is 30.4. The van der Waals surface area contributed by atoms with Crippen LogP contribution in [0.15, 0.2) is 89.7 Å². The second-order valence-electron chi connectivity index (χ2n) is 11.3. The van der Waals surface area contributed by atoms with Gasteiger partial charge in [-0.2, -0.15) is 18.2 Å². The number of benzene rings is 3. The number of aryl methyl sites for hydroxylation is 1. The number of hydrogen-bond acceptors (Lipinski definition) is 8. The van der Waals surface area contributed by atoms with E-state index in [1.807, 2.05) is 34.7 Å². The predicted molar refractivity (Wildman–Crippen MR) is 166 cm³/mol. The van der Waals surface area contributed by atoms with Crippen molar-refractivity contribution in [2.45, 2.75) is 12.7 Å². The molecule has 4 heterocycles. The monoisotopic (exact) mass is 657 g/mol. The number of carbonyl (C=O) groups is 1. The van der Waals surface area contributed by atoms with Gasteiger partial charge in [0.05, 0.1) is 23.5 Å². The largest absolute Gasteiger partial charge is 0.437 e. The van der Waals surface area contributed by atoms with E-state index in [0.29, 0.717) is 36.6 Å². The minimum atomic E-state index is -4.44. The number of alkyl halides is 3. The van der Waals surface area contributed by atoms with E-state index in [4.69, 9.17) is 9.26 Å². The van der Waals surface area contributed by atoms with Crippen molar-refractivity contribution in [2.24, 2.45) is 7.05 Å². The number of ether oxygens (including phenoxy) is 1. The zero-order valence-corrected chi connectivity index (χ0v) is 25.5. The molecule has 0 atom stereocenters. The molecule has 3 aromatic carbocycles. The van der Waals surface area contributed by atoms with E-state index in [9.17, 15) is 22.4 Å². The summed E-state index contributed by atoms with van der Waals surface area (Å²) in [5.74, 6) is 0.527. The number of rotatable bonds is 7. The summed E-state index contributed by atoms with van der Waals surface area (Å²) in [5, 5.41) is 4.72. The van der Waals surface area contributed by atoms with Crippen LogP contribution in [0.2, 0.25) is 0 Å². The molecule has 0 spiro atoms. The molecule has 0 saturated carbocycles. The summed E-state index contributed by atoms with van der Waals surface area (Å²) in [6.07, 6.45) is -1.67. The van der Waals surface area contributed by atoms with Crippen LogP contribution >= 0.6 is 0 Å². The summed E-state index contributed by atoms with van der Waals surface area (Å²) in [7, 11) is 1.84. The van der Waals surface area contributed by atoms with Gasteiger partial charge in [0.2, 0.25) is 11.7 Å². The summed E-state index contributed by atoms with van der Waals surface area (Å²) >= 11 is 0. The van der Waals surface area contributed by atoms with Crippen LogP contribution in [0.1, 0.15) is 21.6 Å². The van der Waals surface area contributed by atoms with Crippen molar-refractivity contribution in [3.8, 4) is 34.6 Å². The molecule has 1 saturated heterocycles. The van der Waals surface area contributed by atoms with Gasteiger partial charge in [0, 0.05) is 56.8 Å². The molecule has 1 fully saturated rings. The third kappa shape index (κ3) is 6.47. The summed E-state index contributed by atoms with van der Waals surface area (Å²) in [5.41, 5.74) is 2.23. The number of carbonyl (C=O) groups excluding carboxylic acids is 1. The van der Waals surface area contributed by atoms with Gasteiger partial charge in [0.25, 0.3) is 11.8 Å². The highest BCUT2D eigenvalue weighted by Crippen LogP contribution is 2.31. The predicted octanol–water partition coefficient (Wildman–Crippen LogP) is 6.59. The molecular formula is C34H27F4N7O3. The van der Waals surface area contributed by atoms with E-state index in [2.05, 4.69) is 25.0 Å². The molecule has 0 radical (unpaired) electrons. The first kappa shape index (κ1) is 31.0. The van der Waals surface area contributed by atoms with Gasteiger partial charge >= 0.3 is 6.18 Å². The standard InChI is InChI=1S/C34H27F4N7O3/c1-43-28-17-26(11-6-23(28)16-29(43)33(46)45-14-12-44(13-15-45)20-21-2-9-25(35)10-3-21)47-30-19-39-27(18-40-30)32-41-31(42-48-32)22-4-7-24(8-5-22)34(36,37)38/h2-11,16-19H,12-15,20H2,1H3. The molecule has 6 aromatic rings. The maximum Gasteiger partial charge on any atom is 0.416 e. The van der Waals surface area contributed by atoms with Gasteiger partial charge in [-0.25, -0.2) is 14.4 Å². The highest BCUT2D eigenvalue weighted by atomic mass is 19.4. The lowest BCUT2D eigenvalue weighted by Gasteiger charge is -2.34. The van der Waals surface area contributed by atoms with Gasteiger partial charge in [0.1, 0.15) is 23.0 Å². The van der Waals surface area contributed by atoms with Crippen molar-refractivity contribution in [1.29, 1.82) is 0 Å². The summed E-state index contributed by atoms with van der Waals surface area (Å²) < 4.78 is 64.9. The number of hydrogen-bond donors (Lipinski definition) is 0. The molecular weight excluding hydrogens is 630 g/mol. The third-order valence-corrected chi connectivity index (χ3v) is 8.18. The first-order chi connectivity index (χ1) is 23.1. The first-order valence-corrected chi connectivity index (χ1v) is 15.0. The van der Waals surface area contributed by atoms with Gasteiger partial charge in [-0.1, -0.05) is 29.4 Å². The van der Waals surface area contributed by atoms with E-state index in [1.54, 1.807) is 18.2 Å². The third-order valence-electron chi connectivity index (χ3n) is 8.18. The lowest BCUT2D eigenvalue weighted by molar-refractivity contribution is -0.137. The molecule has 0 N–H and O–H groups in total. The Bertz CT molecular complexity index is 2070. The van der Waals surface area contributed by atoms with E-state index in [-0.39, 0.29) is 35.0 Å². The van der Waals surface area contributed by atoms with E-state index >= 15 is 0 Å². The van der Waals surface area contributed by atoms with Crippen LogP contribution in [0.25, 0.3) is 33.9 Å². The Morgan fingerprint density at radius 1 is 0.917 bits per heavy atom. The van der Waals surface area contributed by atoms with Crippen LogP contribution < -0.4 is 4.74 Å². The fraction of sp³-hybridized carbons (Fsp3) is 0.206. The Kier molecular flexibility index (Phi) is 8.09. The van der Waals surface area contributed by atoms with Crippen LogP contribution in [0.3, 0.4) is 0 Å². The average Bonchev–Trinajstić information content (AvgIpc) is 3.71. The molecule has 1 amide bonds. The number of amides is 1. The molecule has 0 unspecified atom stereocenters. The second kappa shape index (κ2) is 12.5. The van der Waals surface area contributed by atoms with Gasteiger partial charge < -0.3 is 18.7 Å². The Hall–Kier alpha value is -5.63. The van der Waals surface area contributed by atoms with Crippen molar-refractivity contribution in [1.82, 2.24) is 34.5 Å². The number of nitrogens with zero attached hydrogens (tertiary/aromatic N) is 7. The number of piperazine rings is 1. The lowest BCUT2D eigenvalue weighted by Crippen LogP contribution is -2.48. The lowest BCUT2D eigenvalue weighted by atomic mass is 10.1. The SMILES string of the molecule is Cn1c(C(=O)N2CCN(Cc3ccc(F)cc3)CC2)cc2ccc(Oc3cnc(-c4nc(-c5ccc(C(F)(F)F)cc5)no4)cn3)cc21. The molecule has 1 aliphatic rings. The molecule has 48 heavy (non-hydrogen) atoms. The topological polar surface area (TPSA) is 102 Å². The summed E-state index contributed by atoms with van der Waals surface area (Å²) in [6.45, 7) is 3.32. The van der Waals surface area contributed by atoms with Crippen molar-refractivity contribution in [2.75, 3.05) is 26.2 Å². The smallest absolute Gasteiger partial charge is 0.416 e. The molecule has 7 rings (SSSR count). The fourth-order valence-electron chi connectivity index (χ4n) is 5.55. The molecule has 1 aliphatic heterocycles. The van der Waals surface area contributed by atoms with Gasteiger partial charge in [0.15, 0.2) is 0 Å². The minimum absolute atomic E-state index is 0.0423. The molecule has 0 aliphatic carbocycles. The van der Waals surface area contributed by atoms with Crippen LogP contribution in [-0.2, 0) is 19.8 Å². The van der Waals surface area contributed by atoms with Crippen molar-refractivity contribution in [3.05, 3.63) is 108 Å². The maximum atomic E-state index is 13.5. The van der Waals surface area contributed by atoms with Gasteiger partial charge in [-0.3, -0.25) is 9.69 Å². The highest BCUT2D eigenvalue weighted by Gasteiger charge is 2.30. The van der Waals surface area contributed by atoms with E-state index in [1.165, 1.54) is 36.7 Å². The Labute approximate surface area is 271 Å². The van der Waals surface area contributed by atoms with Gasteiger partial charge in [-0.15, -0.1) is 0 Å². The Morgan fingerprint density at radius 3 is 2.35 bits per heavy atom. The zero-order chi connectivity index (χ0) is 33.4. The van der Waals surface area contributed by atoms with Crippen molar-refractivity contribution >= 4 is 16.8 Å². The Morgan fingerprint density at radius 2 is 1.67 bits per heavy atom. The molecule has 10 nitrogen and oxygen atoms in total. The normalized spacial score (nSPS) is 14.1. The van der Waals surface area contributed by atoms with Crippen LogP contribution in [0.4, 0.5) is 17.6 Å². The van der Waals surface area contributed by atoms with Crippen LogP contribution in [0, 0.1) is 5.82 Å². The first-order valence-electron chi connectivity index (χ1n) is 15.0. The van der Waals surface area contributed by atoms with Crippen molar-refractivity contribution < 1.29 is 31.6 Å². The number of aromatic nitrogens is 5. The zero-order valence-electron chi connectivity index (χ0n) is 25.5. The van der Waals surface area contributed by atoms with Gasteiger partial charge in [-0.05, 0) is 48.0 Å². The molecule has 0 bridgehead atoms. The minimum Gasteiger partial charge on any atom is -0.437 e. The second-order valence-corrected chi connectivity index (χ2v) is 11.3. The Balaban J connectivity index is 0.989. The quantitative estimate of drug-likeness (QED) is 0.177.